The molecule has 1 unspecified atom stereocenters. The van der Waals surface area contributed by atoms with Crippen molar-refractivity contribution in [2.75, 3.05) is 7.11 Å². The van der Waals surface area contributed by atoms with Crippen molar-refractivity contribution in [1.29, 1.82) is 0 Å². The molecule has 0 bridgehead atoms. The number of aromatic nitrogens is 1. The van der Waals surface area contributed by atoms with Crippen LogP contribution in [-0.2, 0) is 6.42 Å². The fourth-order valence-corrected chi connectivity index (χ4v) is 3.41. The first-order chi connectivity index (χ1) is 12.1. The van der Waals surface area contributed by atoms with Crippen LogP contribution in [0, 0.1) is 12.8 Å². The number of pyridine rings is 1. The number of nitrogens with zero attached hydrogens (tertiary/aromatic N) is 1. The molecule has 1 fully saturated rings. The third kappa shape index (κ3) is 3.99. The molecule has 1 saturated carbocycles. The van der Waals surface area contributed by atoms with Crippen LogP contribution in [0.3, 0.4) is 0 Å². The van der Waals surface area contributed by atoms with Crippen molar-refractivity contribution in [2.24, 2.45) is 5.92 Å². The summed E-state index contributed by atoms with van der Waals surface area (Å²) >= 11 is 0. The Balaban J connectivity index is 1.79. The van der Waals surface area contributed by atoms with Crippen LogP contribution >= 0.6 is 0 Å². The smallest absolute Gasteiger partial charge is 0.255 e. The Kier molecular flexibility index (Phi) is 5.34. The normalized spacial score (nSPS) is 20.4. The number of nitrogens with one attached hydrogen (secondary N) is 1. The minimum absolute atomic E-state index is 0.0254. The summed E-state index contributed by atoms with van der Waals surface area (Å²) < 4.78 is 5.36. The highest BCUT2D eigenvalue weighted by atomic mass is 16.5. The first kappa shape index (κ1) is 17.4. The molecule has 5 heteroatoms. The number of carbonyl (C=O) groups excluding carboxylic acids is 1. The van der Waals surface area contributed by atoms with Gasteiger partial charge in [-0.2, -0.15) is 0 Å². The molecule has 1 aliphatic carbocycles. The summed E-state index contributed by atoms with van der Waals surface area (Å²) in [5.41, 5.74) is 2.58. The summed E-state index contributed by atoms with van der Waals surface area (Å²) in [4.78, 5) is 16.9. The quantitative estimate of drug-likeness (QED) is 0.848. The van der Waals surface area contributed by atoms with Gasteiger partial charge in [0.2, 0.25) is 0 Å². The Labute approximate surface area is 148 Å². The molecule has 1 atom stereocenters. The topological polar surface area (TPSA) is 71.5 Å². The number of benzene rings is 1. The summed E-state index contributed by atoms with van der Waals surface area (Å²) in [5, 5.41) is 12.8. The van der Waals surface area contributed by atoms with E-state index in [9.17, 15) is 9.90 Å². The van der Waals surface area contributed by atoms with Gasteiger partial charge in [0.15, 0.2) is 0 Å². The second-order valence-electron chi connectivity index (χ2n) is 6.68. The van der Waals surface area contributed by atoms with E-state index >= 15 is 0 Å². The number of rotatable bonds is 6. The summed E-state index contributed by atoms with van der Waals surface area (Å²) in [7, 11) is 1.57. The van der Waals surface area contributed by atoms with E-state index < -0.39 is 0 Å². The molecule has 0 aliphatic heterocycles. The van der Waals surface area contributed by atoms with Gasteiger partial charge >= 0.3 is 0 Å². The molecule has 2 aromatic rings. The second-order valence-corrected chi connectivity index (χ2v) is 6.68. The highest BCUT2D eigenvalue weighted by Crippen LogP contribution is 2.32. The summed E-state index contributed by atoms with van der Waals surface area (Å²) in [6, 6.07) is 9.48. The highest BCUT2D eigenvalue weighted by Gasteiger charge is 2.35. The third-order valence-electron chi connectivity index (χ3n) is 4.92. The molecule has 1 heterocycles. The molecule has 5 nitrogen and oxygen atoms in total. The van der Waals surface area contributed by atoms with Crippen LogP contribution in [0.2, 0.25) is 0 Å². The Hall–Kier alpha value is -2.40. The first-order valence-corrected chi connectivity index (χ1v) is 8.60. The fraction of sp³-hybridized carbons (Fsp3) is 0.400. The van der Waals surface area contributed by atoms with Crippen LogP contribution in [-0.4, -0.2) is 35.3 Å². The molecule has 1 aromatic carbocycles. The van der Waals surface area contributed by atoms with Crippen molar-refractivity contribution in [1.82, 2.24) is 10.3 Å². The van der Waals surface area contributed by atoms with Crippen LogP contribution in [0.25, 0.3) is 0 Å². The molecule has 0 saturated heterocycles. The van der Waals surface area contributed by atoms with Crippen LogP contribution in [0.4, 0.5) is 0 Å². The molecule has 1 amide bonds. The minimum atomic E-state index is -0.255. The van der Waals surface area contributed by atoms with Gasteiger partial charge < -0.3 is 15.2 Å². The molecule has 1 aliphatic rings. The van der Waals surface area contributed by atoms with Crippen molar-refractivity contribution >= 4 is 5.91 Å². The SMILES string of the molecule is COc1cccc(C)c1C(=O)NC(Cc1ccncc1)C1CC(O)C1. The van der Waals surface area contributed by atoms with Crippen molar-refractivity contribution < 1.29 is 14.6 Å². The number of methoxy groups -OCH3 is 1. The number of hydrogen-bond acceptors (Lipinski definition) is 4. The van der Waals surface area contributed by atoms with E-state index in [4.69, 9.17) is 4.74 Å². The second kappa shape index (κ2) is 7.66. The fourth-order valence-electron chi connectivity index (χ4n) is 3.41. The number of aliphatic hydroxyl groups excluding tert-OH is 1. The maximum Gasteiger partial charge on any atom is 0.255 e. The number of aryl methyl sites for hydroxylation is 1. The molecule has 132 valence electrons. The Morgan fingerprint density at radius 3 is 2.68 bits per heavy atom. The van der Waals surface area contributed by atoms with Gasteiger partial charge in [0.25, 0.3) is 5.91 Å². The monoisotopic (exact) mass is 340 g/mol. The van der Waals surface area contributed by atoms with Crippen LogP contribution in [0.1, 0.15) is 34.3 Å². The molecule has 3 rings (SSSR count). The number of ether oxygens (including phenoxy) is 1. The zero-order valence-corrected chi connectivity index (χ0v) is 14.6. The van der Waals surface area contributed by atoms with E-state index in [0.717, 1.165) is 30.4 Å². The van der Waals surface area contributed by atoms with E-state index in [0.29, 0.717) is 11.3 Å². The van der Waals surface area contributed by atoms with Gasteiger partial charge in [0.05, 0.1) is 18.8 Å². The largest absolute Gasteiger partial charge is 0.496 e. The van der Waals surface area contributed by atoms with Gasteiger partial charge in [-0.15, -0.1) is 0 Å². The van der Waals surface area contributed by atoms with E-state index in [1.165, 1.54) is 0 Å². The summed E-state index contributed by atoms with van der Waals surface area (Å²) in [6.07, 6.45) is 5.43. The standard InChI is InChI=1S/C20H24N2O3/c1-13-4-3-5-18(25-2)19(13)20(24)22-17(15-11-16(23)12-15)10-14-6-8-21-9-7-14/h3-9,15-17,23H,10-12H2,1-2H3,(H,22,24). The maximum absolute atomic E-state index is 12.9. The lowest BCUT2D eigenvalue weighted by Gasteiger charge is -2.38. The lowest BCUT2D eigenvalue weighted by molar-refractivity contribution is 0.0239. The molecule has 1 aromatic heterocycles. The van der Waals surface area contributed by atoms with E-state index in [1.807, 2.05) is 31.2 Å². The van der Waals surface area contributed by atoms with Crippen LogP contribution in [0.15, 0.2) is 42.7 Å². The van der Waals surface area contributed by atoms with Crippen LogP contribution < -0.4 is 10.1 Å². The Morgan fingerprint density at radius 2 is 2.04 bits per heavy atom. The predicted molar refractivity (Wildman–Crippen MR) is 95.7 cm³/mol. The van der Waals surface area contributed by atoms with Crippen molar-refractivity contribution in [3.63, 3.8) is 0 Å². The number of carbonyl (C=O) groups is 1. The lowest BCUT2D eigenvalue weighted by Crippen LogP contribution is -2.48. The first-order valence-electron chi connectivity index (χ1n) is 8.60. The summed E-state index contributed by atoms with van der Waals surface area (Å²) in [5.74, 6) is 0.728. The van der Waals surface area contributed by atoms with Gasteiger partial charge in [0, 0.05) is 18.4 Å². The lowest BCUT2D eigenvalue weighted by atomic mass is 9.75. The number of aliphatic hydroxyl groups is 1. The van der Waals surface area contributed by atoms with E-state index in [-0.39, 0.29) is 24.0 Å². The Morgan fingerprint density at radius 1 is 1.32 bits per heavy atom. The van der Waals surface area contributed by atoms with Gasteiger partial charge in [-0.25, -0.2) is 0 Å². The number of amides is 1. The average molecular weight is 340 g/mol. The highest BCUT2D eigenvalue weighted by molar-refractivity contribution is 5.98. The molecular formula is C20H24N2O3. The molecular weight excluding hydrogens is 316 g/mol. The summed E-state index contributed by atoms with van der Waals surface area (Å²) in [6.45, 7) is 1.91. The average Bonchev–Trinajstić information content (AvgIpc) is 2.59. The molecule has 0 spiro atoms. The number of hydrogen-bond donors (Lipinski definition) is 2. The molecule has 25 heavy (non-hydrogen) atoms. The molecule has 2 N–H and O–H groups in total. The van der Waals surface area contributed by atoms with Crippen LogP contribution in [0.5, 0.6) is 5.75 Å². The van der Waals surface area contributed by atoms with Gasteiger partial charge in [-0.3, -0.25) is 9.78 Å². The Bertz CT molecular complexity index is 727. The van der Waals surface area contributed by atoms with E-state index in [1.54, 1.807) is 25.6 Å². The van der Waals surface area contributed by atoms with Gasteiger partial charge in [-0.05, 0) is 61.4 Å². The zero-order chi connectivity index (χ0) is 17.8. The van der Waals surface area contributed by atoms with Gasteiger partial charge in [0.1, 0.15) is 5.75 Å². The van der Waals surface area contributed by atoms with E-state index in [2.05, 4.69) is 10.3 Å². The molecule has 0 radical (unpaired) electrons. The van der Waals surface area contributed by atoms with Gasteiger partial charge in [-0.1, -0.05) is 12.1 Å². The van der Waals surface area contributed by atoms with Crippen molar-refractivity contribution in [2.45, 2.75) is 38.3 Å². The zero-order valence-electron chi connectivity index (χ0n) is 14.6. The van der Waals surface area contributed by atoms with Crippen molar-refractivity contribution in [3.8, 4) is 5.75 Å². The minimum Gasteiger partial charge on any atom is -0.496 e. The maximum atomic E-state index is 12.9. The van der Waals surface area contributed by atoms with Crippen molar-refractivity contribution in [3.05, 3.63) is 59.4 Å². The third-order valence-corrected chi connectivity index (χ3v) is 4.92. The predicted octanol–water partition coefficient (Wildman–Crippen LogP) is 2.51.